The Morgan fingerprint density at radius 1 is 1.30 bits per heavy atom. The van der Waals surface area contributed by atoms with E-state index in [1.807, 2.05) is 6.92 Å². The van der Waals surface area contributed by atoms with Crippen LogP contribution in [0.3, 0.4) is 0 Å². The number of nitrogens with zero attached hydrogens (tertiary/aromatic N) is 1. The van der Waals surface area contributed by atoms with Crippen molar-refractivity contribution in [1.82, 2.24) is 4.90 Å². The van der Waals surface area contributed by atoms with Crippen molar-refractivity contribution in [3.63, 3.8) is 0 Å². The molecule has 1 aliphatic heterocycles. The minimum atomic E-state index is -0.0342. The number of benzene rings is 1. The number of rotatable bonds is 7. The first-order valence-corrected chi connectivity index (χ1v) is 7.76. The summed E-state index contributed by atoms with van der Waals surface area (Å²) in [5, 5.41) is 0. The van der Waals surface area contributed by atoms with E-state index in [-0.39, 0.29) is 12.0 Å². The Labute approximate surface area is 121 Å². The molecule has 1 aromatic rings. The number of ether oxygens (including phenoxy) is 1. The lowest BCUT2D eigenvalue weighted by Crippen LogP contribution is -2.37. The van der Waals surface area contributed by atoms with E-state index < -0.39 is 0 Å². The highest BCUT2D eigenvalue weighted by atomic mass is 16.5. The number of likely N-dealkylation sites (tertiary alicyclic amines) is 1. The predicted molar refractivity (Wildman–Crippen MR) is 80.6 cm³/mol. The minimum Gasteiger partial charge on any atom is -0.465 e. The Morgan fingerprint density at radius 2 is 2.10 bits per heavy atom. The van der Waals surface area contributed by atoms with Gasteiger partial charge in [-0.15, -0.1) is 0 Å². The van der Waals surface area contributed by atoms with Gasteiger partial charge in [0.2, 0.25) is 0 Å². The molecule has 0 saturated carbocycles. The van der Waals surface area contributed by atoms with Crippen LogP contribution in [0, 0.1) is 0 Å². The van der Waals surface area contributed by atoms with Gasteiger partial charge in [-0.25, -0.2) is 0 Å². The molecule has 3 nitrogen and oxygen atoms in total. The molecule has 0 spiro atoms. The van der Waals surface area contributed by atoms with Gasteiger partial charge in [0.15, 0.2) is 0 Å². The van der Waals surface area contributed by atoms with Crippen LogP contribution in [0.1, 0.15) is 38.2 Å². The van der Waals surface area contributed by atoms with E-state index >= 15 is 0 Å². The summed E-state index contributed by atoms with van der Waals surface area (Å²) < 4.78 is 5.15. The summed E-state index contributed by atoms with van der Waals surface area (Å²) in [7, 11) is 0. The zero-order valence-electron chi connectivity index (χ0n) is 12.4. The maximum absolute atomic E-state index is 11.8. The normalized spacial score (nSPS) is 19.1. The topological polar surface area (TPSA) is 29.5 Å². The molecule has 0 aliphatic carbocycles. The fourth-order valence-corrected chi connectivity index (χ4v) is 2.89. The van der Waals surface area contributed by atoms with Crippen molar-refractivity contribution in [3.05, 3.63) is 35.9 Å². The van der Waals surface area contributed by atoms with Gasteiger partial charge in [0.25, 0.3) is 0 Å². The van der Waals surface area contributed by atoms with Crippen molar-refractivity contribution < 1.29 is 9.53 Å². The fraction of sp³-hybridized carbons (Fsp3) is 0.588. The number of carbonyl (C=O) groups is 1. The van der Waals surface area contributed by atoms with Crippen LogP contribution in [-0.2, 0) is 16.0 Å². The van der Waals surface area contributed by atoms with Crippen molar-refractivity contribution in [2.45, 2.75) is 45.1 Å². The van der Waals surface area contributed by atoms with Crippen LogP contribution >= 0.6 is 0 Å². The van der Waals surface area contributed by atoms with Crippen molar-refractivity contribution in [2.24, 2.45) is 0 Å². The first-order chi connectivity index (χ1) is 9.81. The molecule has 1 heterocycles. The monoisotopic (exact) mass is 275 g/mol. The number of hydrogen-bond donors (Lipinski definition) is 0. The smallest absolute Gasteiger partial charge is 0.323 e. The number of hydrogen-bond acceptors (Lipinski definition) is 3. The Kier molecular flexibility index (Phi) is 6.06. The van der Waals surface area contributed by atoms with Gasteiger partial charge in [0.1, 0.15) is 6.04 Å². The number of esters is 1. The highest BCUT2D eigenvalue weighted by Gasteiger charge is 2.30. The molecular formula is C17H25NO2. The predicted octanol–water partition coefficient (Wildman–Crippen LogP) is 3.04. The lowest BCUT2D eigenvalue weighted by atomic mass is 10.1. The highest BCUT2D eigenvalue weighted by molar-refractivity contribution is 5.76. The molecule has 1 saturated heterocycles. The second kappa shape index (κ2) is 8.05. The van der Waals surface area contributed by atoms with Gasteiger partial charge in [0.05, 0.1) is 6.61 Å². The molecule has 0 N–H and O–H groups in total. The molecule has 1 aromatic carbocycles. The van der Waals surface area contributed by atoms with E-state index in [9.17, 15) is 4.79 Å². The Hall–Kier alpha value is -1.35. The van der Waals surface area contributed by atoms with Gasteiger partial charge in [0, 0.05) is 0 Å². The third-order valence-corrected chi connectivity index (χ3v) is 3.93. The number of carbonyl (C=O) groups excluding carboxylic acids is 1. The molecule has 3 heteroatoms. The van der Waals surface area contributed by atoms with Gasteiger partial charge in [-0.05, 0) is 57.7 Å². The average Bonchev–Trinajstić information content (AvgIpc) is 2.93. The zero-order chi connectivity index (χ0) is 14.2. The molecular weight excluding hydrogens is 250 g/mol. The third kappa shape index (κ3) is 4.34. The molecule has 0 aromatic heterocycles. The van der Waals surface area contributed by atoms with E-state index in [2.05, 4.69) is 35.2 Å². The van der Waals surface area contributed by atoms with E-state index in [1.165, 1.54) is 12.0 Å². The van der Waals surface area contributed by atoms with Crippen LogP contribution in [-0.4, -0.2) is 36.6 Å². The summed E-state index contributed by atoms with van der Waals surface area (Å²) in [6.45, 7) is 4.40. The summed E-state index contributed by atoms with van der Waals surface area (Å²) in [4.78, 5) is 14.1. The molecule has 110 valence electrons. The molecule has 20 heavy (non-hydrogen) atoms. The average molecular weight is 275 g/mol. The number of unbranched alkanes of at least 4 members (excludes halogenated alkanes) is 1. The van der Waals surface area contributed by atoms with Gasteiger partial charge in [-0.2, -0.15) is 0 Å². The molecule has 0 bridgehead atoms. The van der Waals surface area contributed by atoms with E-state index in [0.29, 0.717) is 6.61 Å². The van der Waals surface area contributed by atoms with Crippen molar-refractivity contribution >= 4 is 5.97 Å². The summed E-state index contributed by atoms with van der Waals surface area (Å²) in [6.07, 6.45) is 5.51. The van der Waals surface area contributed by atoms with Gasteiger partial charge < -0.3 is 4.74 Å². The fourth-order valence-electron chi connectivity index (χ4n) is 2.89. The first-order valence-electron chi connectivity index (χ1n) is 7.76. The second-order valence-corrected chi connectivity index (χ2v) is 5.39. The molecule has 2 rings (SSSR count). The maximum atomic E-state index is 11.8. The van der Waals surface area contributed by atoms with Gasteiger partial charge >= 0.3 is 5.97 Å². The highest BCUT2D eigenvalue weighted by Crippen LogP contribution is 2.19. The van der Waals surface area contributed by atoms with Crippen LogP contribution in [0.4, 0.5) is 0 Å². The maximum Gasteiger partial charge on any atom is 0.323 e. The summed E-state index contributed by atoms with van der Waals surface area (Å²) in [5.41, 5.74) is 1.40. The van der Waals surface area contributed by atoms with Crippen molar-refractivity contribution in [2.75, 3.05) is 19.7 Å². The Morgan fingerprint density at radius 3 is 2.85 bits per heavy atom. The molecule has 0 amide bonds. The molecule has 1 fully saturated rings. The van der Waals surface area contributed by atoms with Crippen LogP contribution in [0.5, 0.6) is 0 Å². The minimum absolute atomic E-state index is 0.00618. The molecule has 1 aliphatic rings. The van der Waals surface area contributed by atoms with Crippen LogP contribution in [0.15, 0.2) is 30.3 Å². The van der Waals surface area contributed by atoms with E-state index in [4.69, 9.17) is 4.74 Å². The molecule has 1 unspecified atom stereocenters. The van der Waals surface area contributed by atoms with Crippen molar-refractivity contribution in [1.29, 1.82) is 0 Å². The first kappa shape index (κ1) is 15.0. The quantitative estimate of drug-likeness (QED) is 0.566. The third-order valence-electron chi connectivity index (χ3n) is 3.93. The van der Waals surface area contributed by atoms with Crippen LogP contribution in [0.25, 0.3) is 0 Å². The van der Waals surface area contributed by atoms with Crippen molar-refractivity contribution in [3.8, 4) is 0 Å². The van der Waals surface area contributed by atoms with Gasteiger partial charge in [-0.1, -0.05) is 30.3 Å². The lowest BCUT2D eigenvalue weighted by Gasteiger charge is -2.22. The van der Waals surface area contributed by atoms with Crippen LogP contribution < -0.4 is 0 Å². The Bertz CT molecular complexity index is 405. The van der Waals surface area contributed by atoms with E-state index in [0.717, 1.165) is 38.8 Å². The van der Waals surface area contributed by atoms with E-state index in [1.54, 1.807) is 0 Å². The SMILES string of the molecule is CCOC(=O)C1CCCN1CCCCc1ccccc1. The van der Waals surface area contributed by atoms with Gasteiger partial charge in [-0.3, -0.25) is 9.69 Å². The largest absolute Gasteiger partial charge is 0.465 e. The summed E-state index contributed by atoms with van der Waals surface area (Å²) in [5.74, 6) is -0.0342. The standard InChI is InChI=1S/C17H25NO2/c1-2-20-17(19)16-12-8-14-18(16)13-7-6-11-15-9-4-3-5-10-15/h3-5,9-10,16H,2,6-8,11-14H2,1H3. The summed E-state index contributed by atoms with van der Waals surface area (Å²) >= 11 is 0. The molecule has 1 atom stereocenters. The lowest BCUT2D eigenvalue weighted by molar-refractivity contribution is -0.148. The zero-order valence-corrected chi connectivity index (χ0v) is 12.4. The number of aryl methyl sites for hydroxylation is 1. The van der Waals surface area contributed by atoms with Crippen LogP contribution in [0.2, 0.25) is 0 Å². The molecule has 0 radical (unpaired) electrons. The second-order valence-electron chi connectivity index (χ2n) is 5.39. The summed E-state index contributed by atoms with van der Waals surface area (Å²) in [6, 6.07) is 10.6. The Balaban J connectivity index is 1.69.